The highest BCUT2D eigenvalue weighted by Gasteiger charge is 2.16. The van der Waals surface area contributed by atoms with Gasteiger partial charge in [-0.05, 0) is 64.4 Å². The van der Waals surface area contributed by atoms with Crippen LogP contribution in [0.15, 0.2) is 28.7 Å². The van der Waals surface area contributed by atoms with Crippen LogP contribution < -0.4 is 5.32 Å². The Kier molecular flexibility index (Phi) is 6.39. The lowest BCUT2D eigenvalue weighted by molar-refractivity contribution is -0.121. The number of piperidine rings is 1. The molecule has 0 unspecified atom stereocenters. The minimum absolute atomic E-state index is 0.0491. The fraction of sp³-hybridized carbons (Fsp3) is 0.550. The Bertz CT molecular complexity index is 703. The first-order valence-corrected chi connectivity index (χ1v) is 9.45. The number of amides is 1. The zero-order chi connectivity index (χ0) is 18.4. The molecule has 1 aromatic carbocycles. The monoisotopic (exact) mass is 356 g/mol. The molecule has 0 radical (unpaired) electrons. The maximum Gasteiger partial charge on any atom is 0.247 e. The van der Waals surface area contributed by atoms with Gasteiger partial charge in [0.25, 0.3) is 0 Å². The Morgan fingerprint density at radius 2 is 1.96 bits per heavy atom. The summed E-state index contributed by atoms with van der Waals surface area (Å²) in [5.74, 6) is 1.79. The van der Waals surface area contributed by atoms with E-state index in [-0.39, 0.29) is 5.91 Å². The van der Waals surface area contributed by atoms with Crippen molar-refractivity contribution in [1.82, 2.24) is 20.4 Å². The normalized spacial score (nSPS) is 15.9. The summed E-state index contributed by atoms with van der Waals surface area (Å²) in [5, 5.41) is 11.1. The quantitative estimate of drug-likeness (QED) is 0.826. The summed E-state index contributed by atoms with van der Waals surface area (Å²) in [7, 11) is 2.17. The van der Waals surface area contributed by atoms with E-state index in [0.29, 0.717) is 24.6 Å². The van der Waals surface area contributed by atoms with Gasteiger partial charge >= 0.3 is 0 Å². The molecule has 140 valence electrons. The van der Waals surface area contributed by atoms with Crippen molar-refractivity contribution >= 4 is 5.91 Å². The maximum atomic E-state index is 12.0. The van der Waals surface area contributed by atoms with Crippen molar-refractivity contribution in [2.75, 3.05) is 26.7 Å². The molecule has 1 N–H and O–H groups in total. The highest BCUT2D eigenvalue weighted by molar-refractivity contribution is 5.75. The minimum atomic E-state index is 0.0491. The van der Waals surface area contributed by atoms with Crippen molar-refractivity contribution in [2.45, 2.75) is 39.0 Å². The van der Waals surface area contributed by atoms with E-state index in [9.17, 15) is 4.79 Å². The van der Waals surface area contributed by atoms with Gasteiger partial charge in [0.05, 0.1) is 0 Å². The summed E-state index contributed by atoms with van der Waals surface area (Å²) in [4.78, 5) is 14.4. The molecular weight excluding hydrogens is 328 g/mol. The third-order valence-electron chi connectivity index (χ3n) is 5.04. The Morgan fingerprint density at radius 1 is 1.23 bits per heavy atom. The average Bonchev–Trinajstić information content (AvgIpc) is 3.11. The smallest absolute Gasteiger partial charge is 0.247 e. The van der Waals surface area contributed by atoms with Crippen LogP contribution in [-0.4, -0.2) is 47.7 Å². The van der Waals surface area contributed by atoms with Crippen molar-refractivity contribution in [3.05, 3.63) is 35.7 Å². The van der Waals surface area contributed by atoms with Crippen molar-refractivity contribution < 1.29 is 9.21 Å². The van der Waals surface area contributed by atoms with Gasteiger partial charge in [-0.1, -0.05) is 17.7 Å². The fourth-order valence-corrected chi connectivity index (χ4v) is 3.24. The van der Waals surface area contributed by atoms with Crippen LogP contribution in [-0.2, 0) is 11.2 Å². The molecule has 1 saturated heterocycles. The zero-order valence-corrected chi connectivity index (χ0v) is 15.7. The molecule has 0 bridgehead atoms. The number of nitrogens with zero attached hydrogens (tertiary/aromatic N) is 3. The van der Waals surface area contributed by atoms with Crippen molar-refractivity contribution in [3.8, 4) is 11.5 Å². The summed E-state index contributed by atoms with van der Waals surface area (Å²) in [5.41, 5.74) is 2.09. The molecule has 1 aliphatic heterocycles. The van der Waals surface area contributed by atoms with Crippen LogP contribution in [0.3, 0.4) is 0 Å². The van der Waals surface area contributed by atoms with Gasteiger partial charge in [0.15, 0.2) is 0 Å². The number of likely N-dealkylation sites (tertiary alicyclic amines) is 1. The number of rotatable bonds is 7. The lowest BCUT2D eigenvalue weighted by Gasteiger charge is -2.28. The molecule has 3 rings (SSSR count). The number of aromatic nitrogens is 2. The first kappa shape index (κ1) is 18.6. The second kappa shape index (κ2) is 8.94. The van der Waals surface area contributed by atoms with Crippen LogP contribution in [0.5, 0.6) is 0 Å². The molecule has 6 heteroatoms. The van der Waals surface area contributed by atoms with E-state index in [4.69, 9.17) is 4.42 Å². The number of aryl methyl sites for hydroxylation is 2. The van der Waals surface area contributed by atoms with Gasteiger partial charge in [0.2, 0.25) is 17.7 Å². The van der Waals surface area contributed by atoms with Crippen LogP contribution >= 0.6 is 0 Å². The molecule has 26 heavy (non-hydrogen) atoms. The largest absolute Gasteiger partial charge is 0.421 e. The van der Waals surface area contributed by atoms with E-state index in [1.165, 1.54) is 31.5 Å². The summed E-state index contributed by atoms with van der Waals surface area (Å²) >= 11 is 0. The van der Waals surface area contributed by atoms with Gasteiger partial charge in [-0.15, -0.1) is 10.2 Å². The van der Waals surface area contributed by atoms with Crippen molar-refractivity contribution in [3.63, 3.8) is 0 Å². The first-order valence-electron chi connectivity index (χ1n) is 9.45. The van der Waals surface area contributed by atoms with Crippen LogP contribution in [0.1, 0.15) is 37.1 Å². The number of hydrogen-bond acceptors (Lipinski definition) is 5. The maximum absolute atomic E-state index is 12.0. The predicted molar refractivity (Wildman–Crippen MR) is 101 cm³/mol. The molecule has 0 atom stereocenters. The van der Waals surface area contributed by atoms with Gasteiger partial charge in [0.1, 0.15) is 0 Å². The molecule has 6 nitrogen and oxygen atoms in total. The summed E-state index contributed by atoms with van der Waals surface area (Å²) in [6.07, 6.45) is 4.38. The summed E-state index contributed by atoms with van der Waals surface area (Å²) in [6, 6.07) is 7.94. The first-order chi connectivity index (χ1) is 12.6. The number of hydrogen-bond donors (Lipinski definition) is 1. The molecule has 1 aliphatic rings. The third-order valence-corrected chi connectivity index (χ3v) is 5.04. The van der Waals surface area contributed by atoms with Crippen LogP contribution in [0.25, 0.3) is 11.5 Å². The number of carbonyl (C=O) groups excluding carboxylic acids is 1. The molecule has 0 aliphatic carbocycles. The van der Waals surface area contributed by atoms with Gasteiger partial charge in [-0.2, -0.15) is 0 Å². The van der Waals surface area contributed by atoms with Crippen LogP contribution in [0.4, 0.5) is 0 Å². The lowest BCUT2D eigenvalue weighted by atomic mass is 9.94. The van der Waals surface area contributed by atoms with E-state index in [0.717, 1.165) is 24.4 Å². The number of carbonyl (C=O) groups is 1. The molecule has 2 aromatic rings. The SMILES string of the molecule is Cc1ccc(-c2nnc(CCC(=O)NCCC3CCN(C)CC3)o2)cc1. The topological polar surface area (TPSA) is 71.3 Å². The molecule has 1 amide bonds. The Morgan fingerprint density at radius 3 is 2.69 bits per heavy atom. The molecule has 0 saturated carbocycles. The average molecular weight is 356 g/mol. The van der Waals surface area contributed by atoms with Crippen molar-refractivity contribution in [2.24, 2.45) is 5.92 Å². The third kappa shape index (κ3) is 5.39. The minimum Gasteiger partial charge on any atom is -0.421 e. The summed E-state index contributed by atoms with van der Waals surface area (Å²) in [6.45, 7) is 5.12. The van der Waals surface area contributed by atoms with E-state index in [1.54, 1.807) is 0 Å². The Labute approximate surface area is 155 Å². The Hall–Kier alpha value is -2.21. The molecule has 0 spiro atoms. The number of nitrogens with one attached hydrogen (secondary N) is 1. The van der Waals surface area contributed by atoms with E-state index in [1.807, 2.05) is 31.2 Å². The van der Waals surface area contributed by atoms with Crippen LogP contribution in [0, 0.1) is 12.8 Å². The van der Waals surface area contributed by atoms with Crippen molar-refractivity contribution in [1.29, 1.82) is 0 Å². The van der Waals surface area contributed by atoms with Crippen LogP contribution in [0.2, 0.25) is 0 Å². The number of benzene rings is 1. The van der Waals surface area contributed by atoms with E-state index < -0.39 is 0 Å². The van der Waals surface area contributed by atoms with E-state index >= 15 is 0 Å². The fourth-order valence-electron chi connectivity index (χ4n) is 3.24. The highest BCUT2D eigenvalue weighted by Crippen LogP contribution is 2.19. The second-order valence-electron chi connectivity index (χ2n) is 7.25. The second-order valence-corrected chi connectivity index (χ2v) is 7.25. The van der Waals surface area contributed by atoms with Gasteiger partial charge in [0, 0.05) is 24.9 Å². The molecular formula is C20H28N4O2. The van der Waals surface area contributed by atoms with Gasteiger partial charge in [-0.3, -0.25) is 4.79 Å². The standard InChI is InChI=1S/C20H28N4O2/c1-15-3-5-17(6-4-15)20-23-22-19(26-20)8-7-18(25)21-12-9-16-10-13-24(2)14-11-16/h3-6,16H,7-14H2,1-2H3,(H,21,25). The molecule has 1 fully saturated rings. The van der Waals surface area contributed by atoms with E-state index in [2.05, 4.69) is 27.5 Å². The predicted octanol–water partition coefficient (Wildman–Crippen LogP) is 2.83. The van der Waals surface area contributed by atoms with Gasteiger partial charge in [-0.25, -0.2) is 0 Å². The summed E-state index contributed by atoms with van der Waals surface area (Å²) < 4.78 is 5.66. The molecule has 1 aromatic heterocycles. The molecule has 2 heterocycles. The van der Waals surface area contributed by atoms with Gasteiger partial charge < -0.3 is 14.6 Å². The Balaban J connectivity index is 1.37. The lowest BCUT2D eigenvalue weighted by Crippen LogP contribution is -2.32. The highest BCUT2D eigenvalue weighted by atomic mass is 16.4. The zero-order valence-electron chi connectivity index (χ0n) is 15.7.